The second-order valence-corrected chi connectivity index (χ2v) is 5.92. The Kier molecular flexibility index (Phi) is 4.47. The number of carboxylic acid groups (broad SMARTS) is 1. The number of carboxylic acids is 1. The molecule has 5 heteroatoms. The monoisotopic (exact) mass is 266 g/mol. The fourth-order valence-electron chi connectivity index (χ4n) is 2.40. The van der Waals surface area contributed by atoms with Crippen LogP contribution in [0.1, 0.15) is 36.5 Å². The molecule has 0 saturated heterocycles. The van der Waals surface area contributed by atoms with Crippen molar-refractivity contribution in [2.24, 2.45) is 0 Å². The maximum atomic E-state index is 11.1. The van der Waals surface area contributed by atoms with Gasteiger partial charge in [-0.05, 0) is 24.7 Å². The summed E-state index contributed by atoms with van der Waals surface area (Å²) < 4.78 is 0. The van der Waals surface area contributed by atoms with E-state index in [-0.39, 0.29) is 5.56 Å². The second-order valence-electron chi connectivity index (χ2n) is 4.40. The summed E-state index contributed by atoms with van der Waals surface area (Å²) in [5.41, 5.74) is 0.941. The van der Waals surface area contributed by atoms with Crippen molar-refractivity contribution in [1.82, 2.24) is 4.98 Å². The van der Waals surface area contributed by atoms with Gasteiger partial charge in [-0.25, -0.2) is 4.79 Å². The van der Waals surface area contributed by atoms with E-state index < -0.39 is 5.97 Å². The molecule has 98 valence electrons. The SMILES string of the molecule is CCSC1CCCC1Nc1ccncc1C(=O)O. The van der Waals surface area contributed by atoms with Crippen LogP contribution < -0.4 is 5.32 Å². The third kappa shape index (κ3) is 2.96. The third-order valence-electron chi connectivity index (χ3n) is 3.23. The topological polar surface area (TPSA) is 62.2 Å². The van der Waals surface area contributed by atoms with E-state index in [0.717, 1.165) is 12.2 Å². The van der Waals surface area contributed by atoms with Gasteiger partial charge in [-0.1, -0.05) is 13.3 Å². The number of hydrogen-bond acceptors (Lipinski definition) is 4. The maximum Gasteiger partial charge on any atom is 0.339 e. The summed E-state index contributed by atoms with van der Waals surface area (Å²) in [5, 5.41) is 13.1. The highest BCUT2D eigenvalue weighted by atomic mass is 32.2. The number of carbonyl (C=O) groups is 1. The summed E-state index contributed by atoms with van der Waals surface area (Å²) in [5.74, 6) is 0.175. The molecule has 1 fully saturated rings. The van der Waals surface area contributed by atoms with E-state index in [9.17, 15) is 4.79 Å². The number of aromatic carboxylic acids is 1. The summed E-state index contributed by atoms with van der Waals surface area (Å²) in [6.45, 7) is 2.16. The van der Waals surface area contributed by atoms with Crippen LogP contribution in [0.5, 0.6) is 0 Å². The Morgan fingerprint density at radius 3 is 3.17 bits per heavy atom. The molecule has 2 unspecified atom stereocenters. The zero-order valence-corrected chi connectivity index (χ0v) is 11.2. The minimum atomic E-state index is -0.928. The van der Waals surface area contributed by atoms with E-state index in [2.05, 4.69) is 17.2 Å². The molecule has 1 aromatic heterocycles. The zero-order valence-electron chi connectivity index (χ0n) is 10.4. The maximum absolute atomic E-state index is 11.1. The summed E-state index contributed by atoms with van der Waals surface area (Å²) in [6.07, 6.45) is 6.57. The zero-order chi connectivity index (χ0) is 13.0. The smallest absolute Gasteiger partial charge is 0.339 e. The molecule has 0 aromatic carbocycles. The predicted octanol–water partition coefficient (Wildman–Crippen LogP) is 2.87. The van der Waals surface area contributed by atoms with Crippen LogP contribution in [-0.2, 0) is 0 Å². The highest BCUT2D eigenvalue weighted by Gasteiger charge is 2.27. The van der Waals surface area contributed by atoms with Crippen LogP contribution in [0.25, 0.3) is 0 Å². The number of nitrogens with zero attached hydrogens (tertiary/aromatic N) is 1. The summed E-state index contributed by atoms with van der Waals surface area (Å²) in [7, 11) is 0. The average molecular weight is 266 g/mol. The molecule has 18 heavy (non-hydrogen) atoms. The van der Waals surface area contributed by atoms with E-state index in [0.29, 0.717) is 17.0 Å². The quantitative estimate of drug-likeness (QED) is 0.858. The number of pyridine rings is 1. The highest BCUT2D eigenvalue weighted by Crippen LogP contribution is 2.32. The highest BCUT2D eigenvalue weighted by molar-refractivity contribution is 7.99. The molecule has 1 aliphatic carbocycles. The normalized spacial score (nSPS) is 22.9. The van der Waals surface area contributed by atoms with Crippen LogP contribution in [-0.4, -0.2) is 33.1 Å². The van der Waals surface area contributed by atoms with Gasteiger partial charge in [0.2, 0.25) is 0 Å². The molecule has 2 atom stereocenters. The van der Waals surface area contributed by atoms with Crippen LogP contribution in [0.3, 0.4) is 0 Å². The summed E-state index contributed by atoms with van der Waals surface area (Å²) >= 11 is 1.95. The Balaban J connectivity index is 2.11. The van der Waals surface area contributed by atoms with E-state index in [1.165, 1.54) is 19.0 Å². The van der Waals surface area contributed by atoms with Gasteiger partial charge >= 0.3 is 5.97 Å². The number of rotatable bonds is 5. The van der Waals surface area contributed by atoms with Crippen molar-refractivity contribution in [3.63, 3.8) is 0 Å². The lowest BCUT2D eigenvalue weighted by Crippen LogP contribution is -2.27. The lowest BCUT2D eigenvalue weighted by atomic mass is 10.2. The van der Waals surface area contributed by atoms with Gasteiger partial charge in [-0.2, -0.15) is 11.8 Å². The van der Waals surface area contributed by atoms with E-state index >= 15 is 0 Å². The van der Waals surface area contributed by atoms with Crippen LogP contribution >= 0.6 is 11.8 Å². The van der Waals surface area contributed by atoms with Gasteiger partial charge in [0.15, 0.2) is 0 Å². The summed E-state index contributed by atoms with van der Waals surface area (Å²) in [4.78, 5) is 15.0. The first-order chi connectivity index (χ1) is 8.72. The van der Waals surface area contributed by atoms with Crippen LogP contribution in [0.2, 0.25) is 0 Å². The first-order valence-electron chi connectivity index (χ1n) is 6.27. The van der Waals surface area contributed by atoms with Crippen LogP contribution in [0.15, 0.2) is 18.5 Å². The number of nitrogens with one attached hydrogen (secondary N) is 1. The molecule has 0 amide bonds. The first-order valence-corrected chi connectivity index (χ1v) is 7.32. The molecule has 0 aliphatic heterocycles. The fourth-order valence-corrected chi connectivity index (χ4v) is 3.59. The number of hydrogen-bond donors (Lipinski definition) is 2. The van der Waals surface area contributed by atoms with Gasteiger partial charge in [0, 0.05) is 23.7 Å². The van der Waals surface area contributed by atoms with Crippen LogP contribution in [0.4, 0.5) is 5.69 Å². The molecule has 0 radical (unpaired) electrons. The number of aromatic nitrogens is 1. The molecule has 0 bridgehead atoms. The van der Waals surface area contributed by atoms with Crippen molar-refractivity contribution in [3.8, 4) is 0 Å². The lowest BCUT2D eigenvalue weighted by molar-refractivity contribution is 0.0697. The molecule has 2 rings (SSSR count). The van der Waals surface area contributed by atoms with Crippen molar-refractivity contribution < 1.29 is 9.90 Å². The van der Waals surface area contributed by atoms with Crippen molar-refractivity contribution in [2.45, 2.75) is 37.5 Å². The fraction of sp³-hybridized carbons (Fsp3) is 0.538. The lowest BCUT2D eigenvalue weighted by Gasteiger charge is -2.22. The Bertz CT molecular complexity index is 425. The molecule has 4 nitrogen and oxygen atoms in total. The molecule has 1 aromatic rings. The largest absolute Gasteiger partial charge is 0.478 e. The van der Waals surface area contributed by atoms with Crippen LogP contribution in [0, 0.1) is 0 Å². The van der Waals surface area contributed by atoms with E-state index in [4.69, 9.17) is 5.11 Å². The molecule has 0 spiro atoms. The Morgan fingerprint density at radius 1 is 1.61 bits per heavy atom. The van der Waals surface area contributed by atoms with Gasteiger partial charge in [-0.15, -0.1) is 0 Å². The Hall–Kier alpha value is -1.23. The van der Waals surface area contributed by atoms with Crippen molar-refractivity contribution in [1.29, 1.82) is 0 Å². The number of thioether (sulfide) groups is 1. The van der Waals surface area contributed by atoms with Gasteiger partial charge in [0.05, 0.1) is 5.69 Å². The average Bonchev–Trinajstić information content (AvgIpc) is 2.78. The molecule has 1 heterocycles. The molecule has 1 aliphatic rings. The molecular weight excluding hydrogens is 248 g/mol. The van der Waals surface area contributed by atoms with Crippen molar-refractivity contribution >= 4 is 23.4 Å². The summed E-state index contributed by atoms with van der Waals surface area (Å²) in [6, 6.07) is 2.12. The predicted molar refractivity (Wildman–Crippen MR) is 74.4 cm³/mol. The van der Waals surface area contributed by atoms with Gasteiger partial charge < -0.3 is 10.4 Å². The van der Waals surface area contributed by atoms with E-state index in [1.807, 2.05) is 11.8 Å². The molecule has 1 saturated carbocycles. The minimum absolute atomic E-state index is 0.254. The Labute approximate surface area is 111 Å². The van der Waals surface area contributed by atoms with Gasteiger partial charge in [0.25, 0.3) is 0 Å². The minimum Gasteiger partial charge on any atom is -0.478 e. The third-order valence-corrected chi connectivity index (χ3v) is 4.55. The van der Waals surface area contributed by atoms with Gasteiger partial charge in [-0.3, -0.25) is 4.98 Å². The van der Waals surface area contributed by atoms with Crippen molar-refractivity contribution in [2.75, 3.05) is 11.1 Å². The van der Waals surface area contributed by atoms with Gasteiger partial charge in [0.1, 0.15) is 5.56 Å². The molecular formula is C13H18N2O2S. The first kappa shape index (κ1) is 13.2. The Morgan fingerprint density at radius 2 is 2.44 bits per heavy atom. The number of anilines is 1. The molecule has 2 N–H and O–H groups in total. The second kappa shape index (κ2) is 6.09. The standard InChI is InChI=1S/C13H18N2O2S/c1-2-18-12-5-3-4-11(12)15-10-6-7-14-8-9(10)13(16)17/h6-8,11-12H,2-5H2,1H3,(H,14,15)(H,16,17). The van der Waals surface area contributed by atoms with Crippen molar-refractivity contribution in [3.05, 3.63) is 24.0 Å². The van der Waals surface area contributed by atoms with E-state index in [1.54, 1.807) is 12.3 Å².